The molecular formula is C19H22Cl2N2O3S. The van der Waals surface area contributed by atoms with Crippen LogP contribution in [0, 0.1) is 0 Å². The molecule has 0 saturated carbocycles. The van der Waals surface area contributed by atoms with Crippen molar-refractivity contribution in [3.8, 4) is 0 Å². The van der Waals surface area contributed by atoms with Crippen LogP contribution in [0.15, 0.2) is 53.4 Å². The maximum Gasteiger partial charge on any atom is 0.243 e. The molecule has 0 heterocycles. The number of sulfonamides is 1. The van der Waals surface area contributed by atoms with Gasteiger partial charge in [-0.25, -0.2) is 8.42 Å². The van der Waals surface area contributed by atoms with E-state index < -0.39 is 10.0 Å². The first-order valence-corrected chi connectivity index (χ1v) is 10.8. The maximum absolute atomic E-state index is 13.1. The molecule has 0 unspecified atom stereocenters. The summed E-state index contributed by atoms with van der Waals surface area (Å²) >= 11 is 12.1. The number of amides is 1. The Balaban J connectivity index is 2.29. The second-order valence-corrected chi connectivity index (χ2v) is 8.81. The monoisotopic (exact) mass is 428 g/mol. The molecule has 1 N–H and O–H groups in total. The number of hydrogen-bond acceptors (Lipinski definition) is 3. The van der Waals surface area contributed by atoms with Crippen molar-refractivity contribution in [3.63, 3.8) is 0 Å². The SMILES string of the molecule is CCCCNC(=O)CN(Cc1ccc(Cl)cc1Cl)S(=O)(=O)c1ccccc1. The predicted octanol–water partition coefficient (Wildman–Crippen LogP) is 4.10. The number of halogens is 2. The first kappa shape index (κ1) is 21.7. The molecule has 0 aromatic heterocycles. The average Bonchev–Trinajstić information content (AvgIpc) is 2.64. The van der Waals surface area contributed by atoms with Gasteiger partial charge in [0.15, 0.2) is 0 Å². The Labute approximate surface area is 170 Å². The highest BCUT2D eigenvalue weighted by Crippen LogP contribution is 2.25. The van der Waals surface area contributed by atoms with Gasteiger partial charge < -0.3 is 5.32 Å². The van der Waals surface area contributed by atoms with Crippen molar-refractivity contribution in [1.29, 1.82) is 0 Å². The fraction of sp³-hybridized carbons (Fsp3) is 0.316. The van der Waals surface area contributed by atoms with E-state index in [1.807, 2.05) is 6.92 Å². The highest BCUT2D eigenvalue weighted by atomic mass is 35.5. The van der Waals surface area contributed by atoms with Crippen LogP contribution < -0.4 is 5.32 Å². The van der Waals surface area contributed by atoms with Gasteiger partial charge in [-0.2, -0.15) is 4.31 Å². The second kappa shape index (κ2) is 10.1. The molecule has 0 aliphatic heterocycles. The van der Waals surface area contributed by atoms with Gasteiger partial charge in [-0.1, -0.05) is 60.8 Å². The van der Waals surface area contributed by atoms with Crippen LogP contribution in [0.4, 0.5) is 0 Å². The van der Waals surface area contributed by atoms with Crippen LogP contribution in [0.3, 0.4) is 0 Å². The lowest BCUT2D eigenvalue weighted by atomic mass is 10.2. The summed E-state index contributed by atoms with van der Waals surface area (Å²) in [5.74, 6) is -0.354. The summed E-state index contributed by atoms with van der Waals surface area (Å²) in [6.07, 6.45) is 1.77. The van der Waals surface area contributed by atoms with Gasteiger partial charge in [0, 0.05) is 23.1 Å². The van der Waals surface area contributed by atoms with Crippen molar-refractivity contribution >= 4 is 39.1 Å². The molecule has 0 fully saturated rings. The number of carbonyl (C=O) groups is 1. The van der Waals surface area contributed by atoms with E-state index in [0.717, 1.165) is 17.1 Å². The van der Waals surface area contributed by atoms with Crippen LogP contribution in [-0.2, 0) is 21.4 Å². The van der Waals surface area contributed by atoms with Gasteiger partial charge in [0.05, 0.1) is 11.4 Å². The third-order valence-corrected chi connectivity index (χ3v) is 6.31. The number of hydrogen-bond donors (Lipinski definition) is 1. The number of unbranched alkanes of at least 4 members (excludes halogenated alkanes) is 1. The maximum atomic E-state index is 13.1. The van der Waals surface area contributed by atoms with Crippen molar-refractivity contribution in [2.24, 2.45) is 0 Å². The summed E-state index contributed by atoms with van der Waals surface area (Å²) in [6, 6.07) is 12.9. The minimum Gasteiger partial charge on any atom is -0.355 e. The van der Waals surface area contributed by atoms with Gasteiger partial charge in [-0.15, -0.1) is 0 Å². The minimum absolute atomic E-state index is 0.0333. The van der Waals surface area contributed by atoms with E-state index in [4.69, 9.17) is 23.2 Å². The molecule has 2 aromatic carbocycles. The molecule has 1 amide bonds. The molecule has 2 rings (SSSR count). The molecule has 8 heteroatoms. The first-order valence-electron chi connectivity index (χ1n) is 8.60. The second-order valence-electron chi connectivity index (χ2n) is 6.03. The fourth-order valence-electron chi connectivity index (χ4n) is 2.43. The number of carbonyl (C=O) groups excluding carboxylic acids is 1. The zero-order valence-electron chi connectivity index (χ0n) is 15.0. The van der Waals surface area contributed by atoms with Crippen molar-refractivity contribution in [1.82, 2.24) is 9.62 Å². The lowest BCUT2D eigenvalue weighted by Crippen LogP contribution is -2.40. The zero-order chi connectivity index (χ0) is 19.9. The first-order chi connectivity index (χ1) is 12.8. The molecule has 0 saturated heterocycles. The zero-order valence-corrected chi connectivity index (χ0v) is 17.3. The molecule has 2 aromatic rings. The van der Waals surface area contributed by atoms with E-state index in [1.54, 1.807) is 36.4 Å². The van der Waals surface area contributed by atoms with Gasteiger partial charge in [0.25, 0.3) is 0 Å². The van der Waals surface area contributed by atoms with Gasteiger partial charge in [-0.05, 0) is 36.2 Å². The van der Waals surface area contributed by atoms with Crippen molar-refractivity contribution < 1.29 is 13.2 Å². The summed E-state index contributed by atoms with van der Waals surface area (Å²) in [5, 5.41) is 3.55. The molecule has 0 aliphatic carbocycles. The van der Waals surface area contributed by atoms with E-state index in [-0.39, 0.29) is 23.9 Å². The Kier molecular flexibility index (Phi) is 8.10. The van der Waals surface area contributed by atoms with Crippen LogP contribution in [0.2, 0.25) is 10.0 Å². The summed E-state index contributed by atoms with van der Waals surface area (Å²) in [4.78, 5) is 12.4. The molecular weight excluding hydrogens is 407 g/mol. The molecule has 27 heavy (non-hydrogen) atoms. The van der Waals surface area contributed by atoms with Crippen LogP contribution in [0.1, 0.15) is 25.3 Å². The van der Waals surface area contributed by atoms with Crippen molar-refractivity contribution in [2.45, 2.75) is 31.2 Å². The van der Waals surface area contributed by atoms with Crippen LogP contribution in [0.5, 0.6) is 0 Å². The van der Waals surface area contributed by atoms with Gasteiger partial charge in [-0.3, -0.25) is 4.79 Å². The third kappa shape index (κ3) is 6.21. The Bertz CT molecular complexity index is 874. The Morgan fingerprint density at radius 2 is 1.81 bits per heavy atom. The van der Waals surface area contributed by atoms with Gasteiger partial charge in [0.1, 0.15) is 0 Å². The standard InChI is InChI=1S/C19H22Cl2N2O3S/c1-2-3-11-22-19(24)14-23(13-15-9-10-16(20)12-18(15)21)27(25,26)17-7-5-4-6-8-17/h4-10,12H,2-3,11,13-14H2,1H3,(H,22,24). The summed E-state index contributed by atoms with van der Waals surface area (Å²) in [6.45, 7) is 2.20. The fourth-order valence-corrected chi connectivity index (χ4v) is 4.29. The highest BCUT2D eigenvalue weighted by Gasteiger charge is 2.27. The van der Waals surface area contributed by atoms with E-state index in [1.165, 1.54) is 12.1 Å². The van der Waals surface area contributed by atoms with E-state index >= 15 is 0 Å². The number of nitrogens with one attached hydrogen (secondary N) is 1. The molecule has 146 valence electrons. The highest BCUT2D eigenvalue weighted by molar-refractivity contribution is 7.89. The van der Waals surface area contributed by atoms with Crippen molar-refractivity contribution in [3.05, 3.63) is 64.1 Å². The summed E-state index contributed by atoms with van der Waals surface area (Å²) in [7, 11) is -3.87. The third-order valence-electron chi connectivity index (χ3n) is 3.92. The lowest BCUT2D eigenvalue weighted by molar-refractivity contribution is -0.121. The largest absolute Gasteiger partial charge is 0.355 e. The van der Waals surface area contributed by atoms with Crippen LogP contribution in [0.25, 0.3) is 0 Å². The van der Waals surface area contributed by atoms with Gasteiger partial charge in [0.2, 0.25) is 15.9 Å². The molecule has 0 atom stereocenters. The lowest BCUT2D eigenvalue weighted by Gasteiger charge is -2.22. The quantitative estimate of drug-likeness (QED) is 0.611. The minimum atomic E-state index is -3.87. The Hall–Kier alpha value is -1.60. The van der Waals surface area contributed by atoms with Crippen molar-refractivity contribution in [2.75, 3.05) is 13.1 Å². The summed E-state index contributed by atoms with van der Waals surface area (Å²) < 4.78 is 27.2. The van der Waals surface area contributed by atoms with Crippen LogP contribution in [-0.4, -0.2) is 31.7 Å². The van der Waals surface area contributed by atoms with E-state index in [2.05, 4.69) is 5.32 Å². The van der Waals surface area contributed by atoms with E-state index in [9.17, 15) is 13.2 Å². The van der Waals surface area contributed by atoms with Crippen LogP contribution >= 0.6 is 23.2 Å². The molecule has 0 aliphatic rings. The molecule has 0 spiro atoms. The van der Waals surface area contributed by atoms with E-state index in [0.29, 0.717) is 22.2 Å². The average molecular weight is 429 g/mol. The topological polar surface area (TPSA) is 66.5 Å². The molecule has 0 bridgehead atoms. The molecule has 5 nitrogen and oxygen atoms in total. The van der Waals surface area contributed by atoms with Gasteiger partial charge >= 0.3 is 0 Å². The normalized spacial score (nSPS) is 11.6. The summed E-state index contributed by atoms with van der Waals surface area (Å²) in [5.41, 5.74) is 0.571. The number of rotatable bonds is 9. The Morgan fingerprint density at radius 1 is 1.11 bits per heavy atom. The number of benzene rings is 2. The molecule has 0 radical (unpaired) electrons. The number of nitrogens with zero attached hydrogens (tertiary/aromatic N) is 1. The Morgan fingerprint density at radius 3 is 2.44 bits per heavy atom. The predicted molar refractivity (Wildman–Crippen MR) is 108 cm³/mol. The smallest absolute Gasteiger partial charge is 0.243 e.